The quantitative estimate of drug-likeness (QED) is 0.912. The Morgan fingerprint density at radius 1 is 1.25 bits per heavy atom. The summed E-state index contributed by atoms with van der Waals surface area (Å²) < 4.78 is 1.71. The van der Waals surface area contributed by atoms with Gasteiger partial charge >= 0.3 is 0 Å². The van der Waals surface area contributed by atoms with Gasteiger partial charge in [-0.25, -0.2) is 0 Å². The van der Waals surface area contributed by atoms with Crippen LogP contribution in [0, 0.1) is 0 Å². The first-order valence-corrected chi connectivity index (χ1v) is 9.21. The van der Waals surface area contributed by atoms with Gasteiger partial charge in [0, 0.05) is 32.7 Å². The lowest BCUT2D eigenvalue weighted by molar-refractivity contribution is 0.0238. The van der Waals surface area contributed by atoms with Crippen LogP contribution in [0.4, 0.5) is 0 Å². The lowest BCUT2D eigenvalue weighted by Crippen LogP contribution is -2.50. The van der Waals surface area contributed by atoms with E-state index >= 15 is 0 Å². The Hall–Kier alpha value is -1.40. The second-order valence-corrected chi connectivity index (χ2v) is 7.55. The van der Waals surface area contributed by atoms with Gasteiger partial charge in [-0.1, -0.05) is 13.8 Å². The van der Waals surface area contributed by atoms with Crippen LogP contribution in [0.1, 0.15) is 61.6 Å². The molecule has 3 heterocycles. The fourth-order valence-electron chi connectivity index (χ4n) is 3.88. The Morgan fingerprint density at radius 3 is 2.54 bits per heavy atom. The van der Waals surface area contributed by atoms with E-state index in [1.165, 1.54) is 0 Å². The van der Waals surface area contributed by atoms with Crippen LogP contribution < -0.4 is 0 Å². The molecule has 0 aromatic carbocycles. The summed E-state index contributed by atoms with van der Waals surface area (Å²) in [6.07, 6.45) is 3.81. The molecule has 6 nitrogen and oxygen atoms in total. The zero-order chi connectivity index (χ0) is 17.3. The summed E-state index contributed by atoms with van der Waals surface area (Å²) in [7, 11) is 1.85. The fraction of sp³-hybridized carbons (Fsp3) is 0.778. The molecule has 0 unspecified atom stereocenters. The van der Waals surface area contributed by atoms with Gasteiger partial charge in [-0.15, -0.1) is 0 Å². The van der Waals surface area contributed by atoms with Crippen molar-refractivity contribution >= 4 is 5.91 Å². The first kappa shape index (κ1) is 17.4. The lowest BCUT2D eigenvalue weighted by atomic mass is 9.98. The molecule has 0 aliphatic carbocycles. The second kappa shape index (κ2) is 7.23. The molecule has 0 saturated carbocycles. The van der Waals surface area contributed by atoms with E-state index in [2.05, 4.69) is 23.8 Å². The fourth-order valence-corrected chi connectivity index (χ4v) is 3.88. The molecule has 1 aromatic rings. The standard InChI is InChI=1S/C18H30N4O2/c1-13(2)16-11-17(20(3)19-16)18(24)21-9-6-14(7-10-21)22-8-4-5-15(23)12-22/h11,13-15,23H,4-10,12H2,1-3H3/t15-/m0/s1. The third-order valence-electron chi connectivity index (χ3n) is 5.41. The topological polar surface area (TPSA) is 61.6 Å². The number of hydrogen-bond donors (Lipinski definition) is 1. The van der Waals surface area contributed by atoms with Crippen LogP contribution in [0.15, 0.2) is 6.07 Å². The molecule has 3 rings (SSSR count). The van der Waals surface area contributed by atoms with E-state index in [-0.39, 0.29) is 12.0 Å². The van der Waals surface area contributed by atoms with E-state index in [0.29, 0.717) is 17.7 Å². The third kappa shape index (κ3) is 3.64. The number of aliphatic hydroxyl groups is 1. The minimum atomic E-state index is -0.178. The van der Waals surface area contributed by atoms with Crippen molar-refractivity contribution in [1.82, 2.24) is 19.6 Å². The van der Waals surface area contributed by atoms with Gasteiger partial charge in [0.15, 0.2) is 0 Å². The number of likely N-dealkylation sites (tertiary alicyclic amines) is 2. The minimum absolute atomic E-state index is 0.0917. The summed E-state index contributed by atoms with van der Waals surface area (Å²) in [4.78, 5) is 17.2. The van der Waals surface area contributed by atoms with Crippen LogP contribution in [-0.2, 0) is 7.05 Å². The van der Waals surface area contributed by atoms with E-state index in [9.17, 15) is 9.90 Å². The summed E-state index contributed by atoms with van der Waals surface area (Å²) in [6, 6.07) is 2.43. The number of aliphatic hydroxyl groups excluding tert-OH is 1. The average molecular weight is 334 g/mol. The Kier molecular flexibility index (Phi) is 5.25. The van der Waals surface area contributed by atoms with Crippen LogP contribution in [0.5, 0.6) is 0 Å². The number of aromatic nitrogens is 2. The highest BCUT2D eigenvalue weighted by molar-refractivity contribution is 5.92. The van der Waals surface area contributed by atoms with Gasteiger partial charge in [-0.05, 0) is 44.2 Å². The molecule has 6 heteroatoms. The van der Waals surface area contributed by atoms with E-state index in [1.54, 1.807) is 4.68 Å². The van der Waals surface area contributed by atoms with Crippen molar-refractivity contribution in [3.8, 4) is 0 Å². The normalized spacial score (nSPS) is 23.9. The summed E-state index contributed by atoms with van der Waals surface area (Å²) in [6.45, 7) is 7.63. The highest BCUT2D eigenvalue weighted by Crippen LogP contribution is 2.23. The van der Waals surface area contributed by atoms with E-state index in [4.69, 9.17) is 0 Å². The average Bonchev–Trinajstić information content (AvgIpc) is 2.96. The molecule has 2 saturated heterocycles. The molecule has 0 radical (unpaired) electrons. The number of piperidine rings is 2. The number of hydrogen-bond acceptors (Lipinski definition) is 4. The van der Waals surface area contributed by atoms with Crippen LogP contribution in [-0.4, -0.2) is 68.9 Å². The molecule has 24 heavy (non-hydrogen) atoms. The number of aryl methyl sites for hydroxylation is 1. The highest BCUT2D eigenvalue weighted by atomic mass is 16.3. The number of carbonyl (C=O) groups excluding carboxylic acids is 1. The monoisotopic (exact) mass is 334 g/mol. The van der Waals surface area contributed by atoms with Crippen LogP contribution in [0.25, 0.3) is 0 Å². The van der Waals surface area contributed by atoms with E-state index in [0.717, 1.165) is 57.6 Å². The zero-order valence-corrected chi connectivity index (χ0v) is 15.1. The molecule has 2 aliphatic heterocycles. The predicted molar refractivity (Wildman–Crippen MR) is 93.0 cm³/mol. The molecule has 1 aromatic heterocycles. The summed E-state index contributed by atoms with van der Waals surface area (Å²) in [5, 5.41) is 14.3. The zero-order valence-electron chi connectivity index (χ0n) is 15.1. The molecule has 1 N–H and O–H groups in total. The Bertz CT molecular complexity index is 576. The minimum Gasteiger partial charge on any atom is -0.392 e. The SMILES string of the molecule is CC(C)c1cc(C(=O)N2CCC(N3CCC[C@H](O)C3)CC2)n(C)n1. The smallest absolute Gasteiger partial charge is 0.272 e. The van der Waals surface area contributed by atoms with Gasteiger partial charge in [0.2, 0.25) is 0 Å². The van der Waals surface area contributed by atoms with Crippen molar-refractivity contribution < 1.29 is 9.90 Å². The van der Waals surface area contributed by atoms with Gasteiger partial charge < -0.3 is 10.0 Å². The Balaban J connectivity index is 1.59. The maximum absolute atomic E-state index is 12.8. The highest BCUT2D eigenvalue weighted by Gasteiger charge is 2.30. The largest absolute Gasteiger partial charge is 0.392 e. The Labute approximate surface area is 144 Å². The van der Waals surface area contributed by atoms with Gasteiger partial charge in [-0.3, -0.25) is 14.4 Å². The van der Waals surface area contributed by atoms with Gasteiger partial charge in [-0.2, -0.15) is 5.10 Å². The molecule has 2 aliphatic rings. The predicted octanol–water partition coefficient (Wildman–Crippen LogP) is 1.60. The number of carbonyl (C=O) groups is 1. The summed E-state index contributed by atoms with van der Waals surface area (Å²) in [5.74, 6) is 0.419. The van der Waals surface area contributed by atoms with Gasteiger partial charge in [0.1, 0.15) is 5.69 Å². The number of amides is 1. The van der Waals surface area contributed by atoms with Crippen molar-refractivity contribution in [2.75, 3.05) is 26.2 Å². The molecular weight excluding hydrogens is 304 g/mol. The van der Waals surface area contributed by atoms with Crippen molar-refractivity contribution in [3.05, 3.63) is 17.5 Å². The maximum Gasteiger partial charge on any atom is 0.272 e. The molecule has 0 spiro atoms. The van der Waals surface area contributed by atoms with Crippen molar-refractivity contribution in [1.29, 1.82) is 0 Å². The Morgan fingerprint density at radius 2 is 1.96 bits per heavy atom. The third-order valence-corrected chi connectivity index (χ3v) is 5.41. The maximum atomic E-state index is 12.8. The summed E-state index contributed by atoms with van der Waals surface area (Å²) >= 11 is 0. The number of β-amino-alcohol motifs (C(OH)–C–C–N with tert-alkyl or cyclic N) is 1. The molecule has 0 bridgehead atoms. The molecule has 134 valence electrons. The van der Waals surface area contributed by atoms with Gasteiger partial charge in [0.25, 0.3) is 5.91 Å². The van der Waals surface area contributed by atoms with Crippen molar-refractivity contribution in [2.24, 2.45) is 7.05 Å². The van der Waals surface area contributed by atoms with E-state index < -0.39 is 0 Å². The van der Waals surface area contributed by atoms with Crippen LogP contribution in [0.2, 0.25) is 0 Å². The van der Waals surface area contributed by atoms with Crippen molar-refractivity contribution in [3.63, 3.8) is 0 Å². The molecular formula is C18H30N4O2. The van der Waals surface area contributed by atoms with E-state index in [1.807, 2.05) is 18.0 Å². The van der Waals surface area contributed by atoms with Gasteiger partial charge in [0.05, 0.1) is 11.8 Å². The molecule has 1 atom stereocenters. The first-order valence-electron chi connectivity index (χ1n) is 9.21. The second-order valence-electron chi connectivity index (χ2n) is 7.55. The molecule has 2 fully saturated rings. The van der Waals surface area contributed by atoms with Crippen LogP contribution in [0.3, 0.4) is 0 Å². The number of nitrogens with zero attached hydrogens (tertiary/aromatic N) is 4. The molecule has 1 amide bonds. The first-order chi connectivity index (χ1) is 11.5. The van der Waals surface area contributed by atoms with Crippen LogP contribution >= 0.6 is 0 Å². The van der Waals surface area contributed by atoms with Crippen molar-refractivity contribution in [2.45, 2.75) is 57.6 Å². The lowest BCUT2D eigenvalue weighted by Gasteiger charge is -2.41. The number of rotatable bonds is 3. The summed E-state index contributed by atoms with van der Waals surface area (Å²) in [5.41, 5.74) is 1.66.